The maximum absolute atomic E-state index is 10.9. The summed E-state index contributed by atoms with van der Waals surface area (Å²) >= 11 is 3.27. The van der Waals surface area contributed by atoms with Gasteiger partial charge in [0.05, 0.1) is 12.0 Å². The highest BCUT2D eigenvalue weighted by Crippen LogP contribution is 2.33. The van der Waals surface area contributed by atoms with E-state index < -0.39 is 4.92 Å². The lowest BCUT2D eigenvalue weighted by Gasteiger charge is -2.06. The van der Waals surface area contributed by atoms with Gasteiger partial charge < -0.3 is 9.47 Å². The van der Waals surface area contributed by atoms with E-state index in [2.05, 4.69) is 25.9 Å². The second kappa shape index (κ2) is 6.29. The molecule has 2 aromatic rings. The van der Waals surface area contributed by atoms with Crippen molar-refractivity contribution >= 4 is 21.6 Å². The highest BCUT2D eigenvalue weighted by atomic mass is 79.9. The SMILES string of the molecule is COc1ccc([N+](=O)[O-])c(Oc2ncc(CBr)cn2)c1. The van der Waals surface area contributed by atoms with E-state index in [1.165, 1.54) is 25.3 Å². The normalized spacial score (nSPS) is 10.1. The second-order valence-corrected chi connectivity index (χ2v) is 4.26. The zero-order valence-corrected chi connectivity index (χ0v) is 12.0. The van der Waals surface area contributed by atoms with Gasteiger partial charge in [-0.25, -0.2) is 9.97 Å². The summed E-state index contributed by atoms with van der Waals surface area (Å²) in [5.41, 5.74) is 0.691. The van der Waals surface area contributed by atoms with Crippen LogP contribution in [0, 0.1) is 10.1 Å². The summed E-state index contributed by atoms with van der Waals surface area (Å²) in [7, 11) is 1.46. The lowest BCUT2D eigenvalue weighted by Crippen LogP contribution is -1.97. The number of aromatic nitrogens is 2. The van der Waals surface area contributed by atoms with Crippen molar-refractivity contribution in [3.63, 3.8) is 0 Å². The number of halogens is 1. The predicted octanol–water partition coefficient (Wildman–Crippen LogP) is 3.08. The molecule has 0 amide bonds. The van der Waals surface area contributed by atoms with E-state index in [0.29, 0.717) is 11.1 Å². The lowest BCUT2D eigenvalue weighted by atomic mass is 10.3. The highest BCUT2D eigenvalue weighted by molar-refractivity contribution is 9.08. The standard InChI is InChI=1S/C12H10BrN3O4/c1-19-9-2-3-10(16(17)18)11(4-9)20-12-14-6-8(5-13)7-15-12/h2-4,6-7H,5H2,1H3. The van der Waals surface area contributed by atoms with Crippen LogP contribution in [0.25, 0.3) is 0 Å². The van der Waals surface area contributed by atoms with Crippen LogP contribution in [-0.2, 0) is 5.33 Å². The monoisotopic (exact) mass is 339 g/mol. The lowest BCUT2D eigenvalue weighted by molar-refractivity contribution is -0.385. The molecule has 1 heterocycles. The van der Waals surface area contributed by atoms with Gasteiger partial charge in [-0.2, -0.15) is 0 Å². The van der Waals surface area contributed by atoms with Crippen molar-refractivity contribution in [3.05, 3.63) is 46.3 Å². The minimum Gasteiger partial charge on any atom is -0.497 e. The van der Waals surface area contributed by atoms with Crippen LogP contribution in [0.5, 0.6) is 17.5 Å². The van der Waals surface area contributed by atoms with Crippen LogP contribution in [-0.4, -0.2) is 22.0 Å². The number of alkyl halides is 1. The summed E-state index contributed by atoms with van der Waals surface area (Å²) in [6, 6.07) is 4.24. The smallest absolute Gasteiger partial charge is 0.322 e. The molecule has 104 valence electrons. The minimum atomic E-state index is -0.540. The van der Waals surface area contributed by atoms with Crippen molar-refractivity contribution in [2.45, 2.75) is 5.33 Å². The number of benzene rings is 1. The highest BCUT2D eigenvalue weighted by Gasteiger charge is 2.17. The van der Waals surface area contributed by atoms with Crippen LogP contribution in [0.15, 0.2) is 30.6 Å². The molecule has 0 aliphatic rings. The molecule has 0 saturated carbocycles. The molecule has 20 heavy (non-hydrogen) atoms. The van der Waals surface area contributed by atoms with E-state index in [-0.39, 0.29) is 17.4 Å². The van der Waals surface area contributed by atoms with E-state index >= 15 is 0 Å². The van der Waals surface area contributed by atoms with Crippen molar-refractivity contribution in [2.75, 3.05) is 7.11 Å². The van der Waals surface area contributed by atoms with E-state index in [4.69, 9.17) is 9.47 Å². The maximum Gasteiger partial charge on any atom is 0.322 e. The molecule has 0 unspecified atom stereocenters. The van der Waals surface area contributed by atoms with Crippen LogP contribution in [0.3, 0.4) is 0 Å². The topological polar surface area (TPSA) is 87.4 Å². The molecule has 7 nitrogen and oxygen atoms in total. The molecule has 0 N–H and O–H groups in total. The first-order valence-corrected chi connectivity index (χ1v) is 6.63. The Hall–Kier alpha value is -2.22. The molecule has 0 fully saturated rings. The Kier molecular flexibility index (Phi) is 4.46. The van der Waals surface area contributed by atoms with Gasteiger partial charge in [0, 0.05) is 29.9 Å². The quantitative estimate of drug-likeness (QED) is 0.472. The van der Waals surface area contributed by atoms with Gasteiger partial charge in [0.25, 0.3) is 0 Å². The first-order valence-electron chi connectivity index (χ1n) is 5.51. The Morgan fingerprint density at radius 3 is 2.60 bits per heavy atom. The van der Waals surface area contributed by atoms with E-state index in [1.54, 1.807) is 12.4 Å². The van der Waals surface area contributed by atoms with Gasteiger partial charge >= 0.3 is 11.7 Å². The number of nitrogens with zero attached hydrogens (tertiary/aromatic N) is 3. The summed E-state index contributed by atoms with van der Waals surface area (Å²) in [4.78, 5) is 18.4. The summed E-state index contributed by atoms with van der Waals surface area (Å²) in [6.07, 6.45) is 3.15. The minimum absolute atomic E-state index is 0.0287. The average molecular weight is 340 g/mol. The Balaban J connectivity index is 2.32. The number of hydrogen-bond donors (Lipinski definition) is 0. The number of hydrogen-bond acceptors (Lipinski definition) is 6. The first kappa shape index (κ1) is 14.2. The van der Waals surface area contributed by atoms with Crippen molar-refractivity contribution in [2.24, 2.45) is 0 Å². The van der Waals surface area contributed by atoms with Gasteiger partial charge in [0.15, 0.2) is 0 Å². The first-order chi connectivity index (χ1) is 9.63. The predicted molar refractivity (Wildman–Crippen MR) is 74.4 cm³/mol. The summed E-state index contributed by atoms with van der Waals surface area (Å²) in [5.74, 6) is 0.476. The molecule has 0 aliphatic carbocycles. The average Bonchev–Trinajstić information content (AvgIpc) is 2.47. The van der Waals surface area contributed by atoms with Crippen LogP contribution in [0.2, 0.25) is 0 Å². The van der Waals surface area contributed by atoms with Crippen molar-refractivity contribution in [1.29, 1.82) is 0 Å². The van der Waals surface area contributed by atoms with E-state index in [0.717, 1.165) is 5.56 Å². The van der Waals surface area contributed by atoms with Crippen molar-refractivity contribution < 1.29 is 14.4 Å². The fourth-order valence-electron chi connectivity index (χ4n) is 1.42. The Bertz CT molecular complexity index is 619. The molecule has 0 saturated heterocycles. The van der Waals surface area contributed by atoms with Crippen LogP contribution < -0.4 is 9.47 Å². The maximum atomic E-state index is 10.9. The van der Waals surface area contributed by atoms with Crippen LogP contribution >= 0.6 is 15.9 Å². The summed E-state index contributed by atoms with van der Waals surface area (Å²) < 4.78 is 10.4. The van der Waals surface area contributed by atoms with Crippen molar-refractivity contribution in [1.82, 2.24) is 9.97 Å². The van der Waals surface area contributed by atoms with Crippen molar-refractivity contribution in [3.8, 4) is 17.5 Å². The van der Waals surface area contributed by atoms with Gasteiger partial charge in [0.1, 0.15) is 5.75 Å². The third kappa shape index (κ3) is 3.21. The largest absolute Gasteiger partial charge is 0.497 e. The Morgan fingerprint density at radius 2 is 2.05 bits per heavy atom. The fourth-order valence-corrected chi connectivity index (χ4v) is 1.71. The van der Waals surface area contributed by atoms with Gasteiger partial charge in [-0.1, -0.05) is 15.9 Å². The summed E-state index contributed by atoms with van der Waals surface area (Å²) in [5, 5.41) is 11.6. The number of ether oxygens (including phenoxy) is 2. The van der Waals surface area contributed by atoms with E-state index in [1.807, 2.05) is 0 Å². The number of methoxy groups -OCH3 is 1. The third-order valence-electron chi connectivity index (χ3n) is 2.40. The molecular formula is C12H10BrN3O4. The van der Waals surface area contributed by atoms with Gasteiger partial charge in [0.2, 0.25) is 5.75 Å². The number of nitro benzene ring substituents is 1. The molecule has 1 aromatic carbocycles. The van der Waals surface area contributed by atoms with E-state index in [9.17, 15) is 10.1 Å². The molecule has 0 radical (unpaired) electrons. The van der Waals surface area contributed by atoms with Gasteiger partial charge in [-0.3, -0.25) is 10.1 Å². The molecule has 8 heteroatoms. The summed E-state index contributed by atoms with van der Waals surface area (Å²) in [6.45, 7) is 0. The molecule has 0 aliphatic heterocycles. The fraction of sp³-hybridized carbons (Fsp3) is 0.167. The second-order valence-electron chi connectivity index (χ2n) is 3.70. The number of rotatable bonds is 5. The third-order valence-corrected chi connectivity index (χ3v) is 3.05. The molecular weight excluding hydrogens is 330 g/mol. The van der Waals surface area contributed by atoms with Gasteiger partial charge in [-0.15, -0.1) is 0 Å². The number of nitro groups is 1. The molecule has 2 rings (SSSR count). The zero-order valence-electron chi connectivity index (χ0n) is 10.4. The van der Waals surface area contributed by atoms with Crippen LogP contribution in [0.4, 0.5) is 5.69 Å². The molecule has 0 atom stereocenters. The Morgan fingerprint density at radius 1 is 1.35 bits per heavy atom. The Labute approximate surface area is 122 Å². The molecule has 1 aromatic heterocycles. The molecule has 0 spiro atoms. The van der Waals surface area contributed by atoms with Crippen LogP contribution in [0.1, 0.15) is 5.56 Å². The van der Waals surface area contributed by atoms with Gasteiger partial charge in [-0.05, 0) is 11.6 Å². The molecule has 0 bridgehead atoms. The zero-order chi connectivity index (χ0) is 14.5.